The highest BCUT2D eigenvalue weighted by molar-refractivity contribution is 5.96. The minimum absolute atomic E-state index is 0.112. The molecular weight excluding hydrogens is 273 g/mol. The minimum atomic E-state index is -0.381. The molecule has 5 nitrogen and oxygen atoms in total. The standard InChI is InChI=1S/C15H20FN3O2/c1-2-3-7-17-15(21)18-12-9-14(20)19(10-12)13-6-4-5-11(16)8-13/h4-6,8,12H,2-3,7,9-10H2,1H3,(H2,17,18,21)/t12-/m1/s1. The third-order valence-electron chi connectivity index (χ3n) is 3.40. The zero-order chi connectivity index (χ0) is 15.2. The third-order valence-corrected chi connectivity index (χ3v) is 3.40. The van der Waals surface area contributed by atoms with Crippen molar-refractivity contribution in [3.63, 3.8) is 0 Å². The van der Waals surface area contributed by atoms with Gasteiger partial charge in [0.15, 0.2) is 0 Å². The maximum Gasteiger partial charge on any atom is 0.315 e. The van der Waals surface area contributed by atoms with Crippen LogP contribution < -0.4 is 15.5 Å². The fourth-order valence-electron chi connectivity index (χ4n) is 2.31. The fourth-order valence-corrected chi connectivity index (χ4v) is 2.31. The maximum absolute atomic E-state index is 13.2. The Morgan fingerprint density at radius 1 is 1.48 bits per heavy atom. The number of unbranched alkanes of at least 4 members (excludes halogenated alkanes) is 1. The Kier molecular flexibility index (Phi) is 5.14. The normalized spacial score (nSPS) is 17.9. The molecule has 0 spiro atoms. The number of rotatable bonds is 5. The first-order chi connectivity index (χ1) is 10.1. The molecule has 0 saturated carbocycles. The number of nitrogens with one attached hydrogen (secondary N) is 2. The molecule has 1 aliphatic heterocycles. The Hall–Kier alpha value is -2.11. The lowest BCUT2D eigenvalue weighted by Crippen LogP contribution is -2.43. The molecule has 2 N–H and O–H groups in total. The largest absolute Gasteiger partial charge is 0.338 e. The fraction of sp³-hybridized carbons (Fsp3) is 0.467. The summed E-state index contributed by atoms with van der Waals surface area (Å²) in [5.74, 6) is -0.492. The van der Waals surface area contributed by atoms with Gasteiger partial charge in [-0.2, -0.15) is 0 Å². The van der Waals surface area contributed by atoms with Gasteiger partial charge in [-0.1, -0.05) is 19.4 Å². The number of amides is 3. The number of hydrogen-bond acceptors (Lipinski definition) is 2. The van der Waals surface area contributed by atoms with E-state index in [-0.39, 0.29) is 30.2 Å². The topological polar surface area (TPSA) is 61.4 Å². The van der Waals surface area contributed by atoms with Crippen molar-refractivity contribution in [1.82, 2.24) is 10.6 Å². The number of benzene rings is 1. The van der Waals surface area contributed by atoms with Gasteiger partial charge in [0.25, 0.3) is 0 Å². The van der Waals surface area contributed by atoms with Crippen molar-refractivity contribution in [3.05, 3.63) is 30.1 Å². The summed E-state index contributed by atoms with van der Waals surface area (Å²) in [6.45, 7) is 3.03. The van der Waals surface area contributed by atoms with E-state index < -0.39 is 0 Å². The third kappa shape index (κ3) is 4.18. The van der Waals surface area contributed by atoms with E-state index in [0.29, 0.717) is 18.8 Å². The van der Waals surface area contributed by atoms with Crippen LogP contribution in [0.1, 0.15) is 26.2 Å². The van der Waals surface area contributed by atoms with Crippen LogP contribution in [0.5, 0.6) is 0 Å². The molecule has 1 saturated heterocycles. The van der Waals surface area contributed by atoms with Gasteiger partial charge in [-0.05, 0) is 24.6 Å². The van der Waals surface area contributed by atoms with Crippen LogP contribution in [0.2, 0.25) is 0 Å². The Bertz CT molecular complexity index is 521. The van der Waals surface area contributed by atoms with Gasteiger partial charge in [0.05, 0.1) is 6.04 Å². The zero-order valence-electron chi connectivity index (χ0n) is 12.1. The van der Waals surface area contributed by atoms with Crippen LogP contribution in [-0.2, 0) is 4.79 Å². The molecule has 0 unspecified atom stereocenters. The molecule has 1 aliphatic rings. The highest BCUT2D eigenvalue weighted by Crippen LogP contribution is 2.22. The molecule has 21 heavy (non-hydrogen) atoms. The Morgan fingerprint density at radius 2 is 2.29 bits per heavy atom. The van der Waals surface area contributed by atoms with E-state index in [4.69, 9.17) is 0 Å². The second-order valence-electron chi connectivity index (χ2n) is 5.14. The monoisotopic (exact) mass is 293 g/mol. The quantitative estimate of drug-likeness (QED) is 0.816. The minimum Gasteiger partial charge on any atom is -0.338 e. The van der Waals surface area contributed by atoms with Crippen molar-refractivity contribution in [2.45, 2.75) is 32.2 Å². The lowest BCUT2D eigenvalue weighted by Gasteiger charge is -2.17. The van der Waals surface area contributed by atoms with Crippen molar-refractivity contribution < 1.29 is 14.0 Å². The summed E-state index contributed by atoms with van der Waals surface area (Å²) in [6.07, 6.45) is 2.17. The number of anilines is 1. The summed E-state index contributed by atoms with van der Waals surface area (Å²) in [7, 11) is 0. The van der Waals surface area contributed by atoms with Crippen molar-refractivity contribution >= 4 is 17.6 Å². The van der Waals surface area contributed by atoms with E-state index >= 15 is 0 Å². The van der Waals surface area contributed by atoms with Gasteiger partial charge in [0, 0.05) is 25.2 Å². The highest BCUT2D eigenvalue weighted by Gasteiger charge is 2.31. The molecule has 1 heterocycles. The van der Waals surface area contributed by atoms with Gasteiger partial charge >= 0.3 is 6.03 Å². The summed E-state index contributed by atoms with van der Waals surface area (Å²) < 4.78 is 13.2. The van der Waals surface area contributed by atoms with Crippen LogP contribution >= 0.6 is 0 Å². The molecule has 0 aromatic heterocycles. The van der Waals surface area contributed by atoms with Gasteiger partial charge in [-0.3, -0.25) is 4.79 Å². The molecule has 2 rings (SSSR count). The zero-order valence-corrected chi connectivity index (χ0v) is 12.1. The number of halogens is 1. The summed E-state index contributed by atoms with van der Waals surface area (Å²) in [5.41, 5.74) is 0.524. The van der Waals surface area contributed by atoms with Gasteiger partial charge in [-0.15, -0.1) is 0 Å². The number of hydrogen-bond donors (Lipinski definition) is 2. The average molecular weight is 293 g/mol. The lowest BCUT2D eigenvalue weighted by molar-refractivity contribution is -0.117. The second kappa shape index (κ2) is 7.06. The molecule has 114 valence electrons. The average Bonchev–Trinajstić information content (AvgIpc) is 2.80. The van der Waals surface area contributed by atoms with E-state index in [1.165, 1.54) is 17.0 Å². The number of carbonyl (C=O) groups is 2. The van der Waals surface area contributed by atoms with Crippen molar-refractivity contribution in [1.29, 1.82) is 0 Å². The first-order valence-electron chi connectivity index (χ1n) is 7.20. The van der Waals surface area contributed by atoms with Gasteiger partial charge in [-0.25, -0.2) is 9.18 Å². The molecular formula is C15H20FN3O2. The summed E-state index contributed by atoms with van der Waals surface area (Å²) >= 11 is 0. The molecule has 0 bridgehead atoms. The predicted octanol–water partition coefficient (Wildman–Crippen LogP) is 2.03. The van der Waals surface area contributed by atoms with Crippen LogP contribution in [0.25, 0.3) is 0 Å². The molecule has 0 aliphatic carbocycles. The molecule has 1 atom stereocenters. The molecule has 6 heteroatoms. The van der Waals surface area contributed by atoms with E-state index in [1.807, 2.05) is 6.92 Å². The van der Waals surface area contributed by atoms with E-state index in [9.17, 15) is 14.0 Å². The highest BCUT2D eigenvalue weighted by atomic mass is 19.1. The van der Waals surface area contributed by atoms with Crippen molar-refractivity contribution in [2.24, 2.45) is 0 Å². The van der Waals surface area contributed by atoms with Crippen molar-refractivity contribution in [2.75, 3.05) is 18.0 Å². The Balaban J connectivity index is 1.89. The molecule has 1 aromatic carbocycles. The van der Waals surface area contributed by atoms with Crippen LogP contribution in [0.4, 0.5) is 14.9 Å². The number of nitrogens with zero attached hydrogens (tertiary/aromatic N) is 1. The first-order valence-corrected chi connectivity index (χ1v) is 7.20. The van der Waals surface area contributed by atoms with Gasteiger partial charge < -0.3 is 15.5 Å². The molecule has 1 fully saturated rings. The lowest BCUT2D eigenvalue weighted by atomic mass is 10.2. The molecule has 1 aromatic rings. The van der Waals surface area contributed by atoms with Crippen molar-refractivity contribution in [3.8, 4) is 0 Å². The molecule has 0 radical (unpaired) electrons. The van der Waals surface area contributed by atoms with Crippen LogP contribution in [-0.4, -0.2) is 31.1 Å². The SMILES string of the molecule is CCCCNC(=O)N[C@@H]1CC(=O)N(c2cccc(F)c2)C1. The summed E-state index contributed by atoms with van der Waals surface area (Å²) in [5, 5.41) is 5.53. The Morgan fingerprint density at radius 3 is 3.00 bits per heavy atom. The first kappa shape index (κ1) is 15.3. The maximum atomic E-state index is 13.2. The van der Waals surface area contributed by atoms with E-state index in [2.05, 4.69) is 10.6 Å². The summed E-state index contributed by atoms with van der Waals surface area (Å²) in [4.78, 5) is 25.1. The second-order valence-corrected chi connectivity index (χ2v) is 5.14. The van der Waals surface area contributed by atoms with Crippen LogP contribution in [0.15, 0.2) is 24.3 Å². The Labute approximate surface area is 123 Å². The van der Waals surface area contributed by atoms with E-state index in [1.54, 1.807) is 12.1 Å². The summed E-state index contributed by atoms with van der Waals surface area (Å²) in [6, 6.07) is 5.40. The van der Waals surface area contributed by atoms with E-state index in [0.717, 1.165) is 12.8 Å². The van der Waals surface area contributed by atoms with Crippen LogP contribution in [0, 0.1) is 5.82 Å². The number of carbonyl (C=O) groups excluding carboxylic acids is 2. The molecule has 3 amide bonds. The predicted molar refractivity (Wildman–Crippen MR) is 78.6 cm³/mol. The van der Waals surface area contributed by atoms with Gasteiger partial charge in [0.1, 0.15) is 5.82 Å². The smallest absolute Gasteiger partial charge is 0.315 e. The van der Waals surface area contributed by atoms with Crippen LogP contribution in [0.3, 0.4) is 0 Å². The number of urea groups is 1. The van der Waals surface area contributed by atoms with Gasteiger partial charge in [0.2, 0.25) is 5.91 Å².